The van der Waals surface area contributed by atoms with Crippen LogP contribution < -0.4 is 4.90 Å². The number of rotatable bonds is 6. The van der Waals surface area contributed by atoms with Crippen LogP contribution in [0.2, 0.25) is 0 Å². The molecule has 2 aromatic rings. The first-order chi connectivity index (χ1) is 13.5. The Hall–Kier alpha value is -2.95. The zero-order valence-corrected chi connectivity index (χ0v) is 16.5. The summed E-state index contributed by atoms with van der Waals surface area (Å²) in [7, 11) is 0. The molecule has 1 fully saturated rings. The van der Waals surface area contributed by atoms with Gasteiger partial charge in [-0.05, 0) is 36.0 Å². The Morgan fingerprint density at radius 2 is 1.54 bits per heavy atom. The van der Waals surface area contributed by atoms with E-state index >= 15 is 0 Å². The highest BCUT2D eigenvalue weighted by Gasteiger charge is 2.50. The van der Waals surface area contributed by atoms with Gasteiger partial charge >= 0.3 is 6.03 Å². The molecule has 4 amide bonds. The molecule has 1 heterocycles. The average Bonchev–Trinajstić information content (AvgIpc) is 2.97. The fourth-order valence-corrected chi connectivity index (χ4v) is 3.76. The van der Waals surface area contributed by atoms with Crippen molar-refractivity contribution in [1.82, 2.24) is 4.90 Å². The molecule has 5 nitrogen and oxygen atoms in total. The number of para-hydroxylation sites is 1. The Morgan fingerprint density at radius 1 is 0.964 bits per heavy atom. The minimum Gasteiger partial charge on any atom is -0.274 e. The highest BCUT2D eigenvalue weighted by Crippen LogP contribution is 2.31. The van der Waals surface area contributed by atoms with Crippen LogP contribution in [-0.2, 0) is 9.59 Å². The van der Waals surface area contributed by atoms with Crippen LogP contribution in [0, 0.1) is 5.92 Å². The zero-order valence-electron chi connectivity index (χ0n) is 16.5. The SMILES string of the molecule is CC[C@H](CC(=O)N1C(=O)N(c2ccccc2)C(=O)[C@@H]1C(C)C)c1ccccc1. The molecule has 0 saturated carbocycles. The van der Waals surface area contributed by atoms with Gasteiger partial charge in [0.05, 0.1) is 5.69 Å². The molecule has 0 spiro atoms. The number of amides is 4. The molecular weight excluding hydrogens is 352 g/mol. The third-order valence-corrected chi connectivity index (χ3v) is 5.25. The molecule has 0 bridgehead atoms. The van der Waals surface area contributed by atoms with Gasteiger partial charge in [-0.15, -0.1) is 0 Å². The fourth-order valence-electron chi connectivity index (χ4n) is 3.76. The second kappa shape index (κ2) is 8.38. The summed E-state index contributed by atoms with van der Waals surface area (Å²) in [6.07, 6.45) is 0.978. The van der Waals surface area contributed by atoms with Crippen molar-refractivity contribution in [2.75, 3.05) is 4.90 Å². The lowest BCUT2D eigenvalue weighted by atomic mass is 9.92. The quantitative estimate of drug-likeness (QED) is 0.691. The van der Waals surface area contributed by atoms with Gasteiger partial charge in [0.1, 0.15) is 6.04 Å². The molecule has 2 atom stereocenters. The maximum Gasteiger partial charge on any atom is 0.338 e. The lowest BCUT2D eigenvalue weighted by Crippen LogP contribution is -2.43. The van der Waals surface area contributed by atoms with Crippen LogP contribution in [-0.4, -0.2) is 28.8 Å². The summed E-state index contributed by atoms with van der Waals surface area (Å²) in [6, 6.07) is 17.3. The van der Waals surface area contributed by atoms with Crippen LogP contribution in [0.4, 0.5) is 10.5 Å². The van der Waals surface area contributed by atoms with Gasteiger partial charge in [-0.3, -0.25) is 14.5 Å². The first kappa shape index (κ1) is 19.8. The Bertz CT molecular complexity index is 849. The van der Waals surface area contributed by atoms with Crippen LogP contribution in [0.25, 0.3) is 0 Å². The van der Waals surface area contributed by atoms with E-state index in [9.17, 15) is 14.4 Å². The van der Waals surface area contributed by atoms with Crippen LogP contribution >= 0.6 is 0 Å². The lowest BCUT2D eigenvalue weighted by Gasteiger charge is -2.24. The molecular formula is C23H26N2O3. The molecule has 0 radical (unpaired) electrons. The minimum absolute atomic E-state index is 0.00943. The van der Waals surface area contributed by atoms with Crippen molar-refractivity contribution in [3.63, 3.8) is 0 Å². The van der Waals surface area contributed by atoms with Crippen molar-refractivity contribution in [2.45, 2.75) is 45.6 Å². The summed E-state index contributed by atoms with van der Waals surface area (Å²) in [5.74, 6) is -0.792. The standard InChI is InChI=1S/C23H26N2O3/c1-4-17(18-11-7-5-8-12-18)15-20(26)25-21(16(2)3)22(27)24(23(25)28)19-13-9-6-10-14-19/h5-14,16-17,21H,4,15H2,1-3H3/t17-,21+/m1/s1. The van der Waals surface area contributed by atoms with Crippen molar-refractivity contribution in [3.05, 3.63) is 66.2 Å². The van der Waals surface area contributed by atoms with Crippen molar-refractivity contribution in [2.24, 2.45) is 5.92 Å². The van der Waals surface area contributed by atoms with Gasteiger partial charge in [0.15, 0.2) is 0 Å². The highest BCUT2D eigenvalue weighted by atomic mass is 16.2. The summed E-state index contributed by atoms with van der Waals surface area (Å²) < 4.78 is 0. The van der Waals surface area contributed by atoms with E-state index in [1.165, 1.54) is 4.90 Å². The van der Waals surface area contributed by atoms with E-state index in [0.717, 1.165) is 16.9 Å². The molecule has 0 aliphatic carbocycles. The van der Waals surface area contributed by atoms with E-state index in [-0.39, 0.29) is 30.1 Å². The maximum absolute atomic E-state index is 13.2. The smallest absolute Gasteiger partial charge is 0.274 e. The van der Waals surface area contributed by atoms with Gasteiger partial charge in [-0.1, -0.05) is 69.3 Å². The van der Waals surface area contributed by atoms with Gasteiger partial charge in [0, 0.05) is 6.42 Å². The number of carbonyl (C=O) groups excluding carboxylic acids is 3. The molecule has 0 aromatic heterocycles. The number of anilines is 1. The number of nitrogens with zero attached hydrogens (tertiary/aromatic N) is 2. The minimum atomic E-state index is -0.770. The van der Waals surface area contributed by atoms with E-state index in [4.69, 9.17) is 0 Å². The van der Waals surface area contributed by atoms with Crippen molar-refractivity contribution in [1.29, 1.82) is 0 Å². The average molecular weight is 378 g/mol. The predicted molar refractivity (Wildman–Crippen MR) is 109 cm³/mol. The summed E-state index contributed by atoms with van der Waals surface area (Å²) in [5, 5.41) is 0. The largest absolute Gasteiger partial charge is 0.338 e. The van der Waals surface area contributed by atoms with Crippen LogP contribution in [0.3, 0.4) is 0 Å². The highest BCUT2D eigenvalue weighted by molar-refractivity contribution is 6.25. The summed E-state index contributed by atoms with van der Waals surface area (Å²) in [5.41, 5.74) is 1.56. The van der Waals surface area contributed by atoms with Gasteiger partial charge in [-0.25, -0.2) is 9.69 Å². The Balaban J connectivity index is 1.89. The Labute approximate surface area is 166 Å². The molecule has 0 N–H and O–H groups in total. The summed E-state index contributed by atoms with van der Waals surface area (Å²) in [6.45, 7) is 5.75. The molecule has 1 aliphatic heterocycles. The number of carbonyl (C=O) groups is 3. The van der Waals surface area contributed by atoms with E-state index < -0.39 is 12.1 Å². The second-order valence-electron chi connectivity index (χ2n) is 7.46. The normalized spacial score (nSPS) is 18.1. The Kier molecular flexibility index (Phi) is 5.93. The third-order valence-electron chi connectivity index (χ3n) is 5.25. The number of urea groups is 1. The Morgan fingerprint density at radius 3 is 2.07 bits per heavy atom. The molecule has 1 aliphatic rings. The molecule has 2 aromatic carbocycles. The number of benzene rings is 2. The second-order valence-corrected chi connectivity index (χ2v) is 7.46. The van der Waals surface area contributed by atoms with Crippen molar-refractivity contribution >= 4 is 23.5 Å². The first-order valence-corrected chi connectivity index (χ1v) is 9.75. The molecule has 1 saturated heterocycles. The van der Waals surface area contributed by atoms with Crippen LogP contribution in [0.1, 0.15) is 45.1 Å². The van der Waals surface area contributed by atoms with E-state index in [0.29, 0.717) is 5.69 Å². The summed E-state index contributed by atoms with van der Waals surface area (Å²) >= 11 is 0. The molecule has 3 rings (SSSR count). The lowest BCUT2D eigenvalue weighted by molar-refractivity contribution is -0.134. The first-order valence-electron chi connectivity index (χ1n) is 9.75. The third kappa shape index (κ3) is 3.70. The monoisotopic (exact) mass is 378 g/mol. The number of hydrogen-bond donors (Lipinski definition) is 0. The van der Waals surface area contributed by atoms with Crippen LogP contribution in [0.15, 0.2) is 60.7 Å². The van der Waals surface area contributed by atoms with Gasteiger partial charge in [0.2, 0.25) is 5.91 Å². The number of hydrogen-bond acceptors (Lipinski definition) is 3. The molecule has 146 valence electrons. The van der Waals surface area contributed by atoms with Gasteiger partial charge < -0.3 is 0 Å². The number of imide groups is 2. The van der Waals surface area contributed by atoms with Crippen LogP contribution in [0.5, 0.6) is 0 Å². The summed E-state index contributed by atoms with van der Waals surface area (Å²) in [4.78, 5) is 41.6. The predicted octanol–water partition coefficient (Wildman–Crippen LogP) is 4.59. The molecule has 0 unspecified atom stereocenters. The van der Waals surface area contributed by atoms with Crippen molar-refractivity contribution in [3.8, 4) is 0 Å². The van der Waals surface area contributed by atoms with Crippen molar-refractivity contribution < 1.29 is 14.4 Å². The van der Waals surface area contributed by atoms with E-state index in [1.54, 1.807) is 24.3 Å². The fraction of sp³-hybridized carbons (Fsp3) is 0.348. The van der Waals surface area contributed by atoms with E-state index in [1.807, 2.05) is 57.2 Å². The van der Waals surface area contributed by atoms with Gasteiger partial charge in [-0.2, -0.15) is 0 Å². The zero-order chi connectivity index (χ0) is 20.3. The van der Waals surface area contributed by atoms with E-state index in [2.05, 4.69) is 0 Å². The molecule has 5 heteroatoms. The van der Waals surface area contributed by atoms with Gasteiger partial charge in [0.25, 0.3) is 5.91 Å². The molecule has 28 heavy (non-hydrogen) atoms. The maximum atomic E-state index is 13.2. The topological polar surface area (TPSA) is 57.7 Å².